The molecule has 5 nitrogen and oxygen atoms in total. The maximum Gasteiger partial charge on any atom is 0.315 e. The molecule has 0 aromatic carbocycles. The van der Waals surface area contributed by atoms with Crippen molar-refractivity contribution in [3.63, 3.8) is 0 Å². The van der Waals surface area contributed by atoms with Gasteiger partial charge in [0.2, 0.25) is 0 Å². The van der Waals surface area contributed by atoms with Gasteiger partial charge >= 0.3 is 6.03 Å². The van der Waals surface area contributed by atoms with Crippen LogP contribution in [-0.2, 0) is 11.3 Å². The molecule has 1 aliphatic rings. The monoisotopic (exact) mass is 305 g/mol. The zero-order chi connectivity index (χ0) is 16.3. The molecule has 2 atom stereocenters. The van der Waals surface area contributed by atoms with E-state index in [0.717, 1.165) is 17.7 Å². The first-order valence-corrected chi connectivity index (χ1v) is 7.91. The van der Waals surface area contributed by atoms with Crippen LogP contribution in [0, 0.1) is 12.3 Å². The van der Waals surface area contributed by atoms with Crippen LogP contribution in [0.2, 0.25) is 0 Å². The Bertz CT molecular complexity index is 528. The number of urea groups is 1. The number of pyridine rings is 1. The lowest BCUT2D eigenvalue weighted by atomic mass is 9.64. The first kappa shape index (κ1) is 16.7. The van der Waals surface area contributed by atoms with E-state index in [2.05, 4.69) is 29.5 Å². The van der Waals surface area contributed by atoms with E-state index in [1.165, 1.54) is 0 Å². The number of amides is 2. The highest BCUT2D eigenvalue weighted by molar-refractivity contribution is 5.74. The highest BCUT2D eigenvalue weighted by atomic mass is 16.5. The molecule has 0 bridgehead atoms. The molecule has 0 radical (unpaired) electrons. The van der Waals surface area contributed by atoms with E-state index in [4.69, 9.17) is 4.74 Å². The lowest BCUT2D eigenvalue weighted by Gasteiger charge is -2.52. The molecule has 1 aromatic heterocycles. The fourth-order valence-electron chi connectivity index (χ4n) is 2.77. The second-order valence-electron chi connectivity index (χ2n) is 6.88. The van der Waals surface area contributed by atoms with E-state index in [1.54, 1.807) is 6.20 Å². The number of carbonyl (C=O) groups excluding carboxylic acids is 1. The Morgan fingerprint density at radius 3 is 2.82 bits per heavy atom. The first-order chi connectivity index (χ1) is 10.3. The van der Waals surface area contributed by atoms with E-state index in [1.807, 2.05) is 32.9 Å². The first-order valence-electron chi connectivity index (χ1n) is 7.91. The SMILES string of the molecule is Cc1cccnc1CNC(=O)NC1CC(OC(C)C)C1(C)C. The van der Waals surface area contributed by atoms with E-state index >= 15 is 0 Å². The van der Waals surface area contributed by atoms with E-state index in [0.29, 0.717) is 6.54 Å². The minimum Gasteiger partial charge on any atom is -0.375 e. The Hall–Kier alpha value is -1.62. The van der Waals surface area contributed by atoms with Crippen molar-refractivity contribution < 1.29 is 9.53 Å². The van der Waals surface area contributed by atoms with Gasteiger partial charge in [-0.3, -0.25) is 4.98 Å². The van der Waals surface area contributed by atoms with Gasteiger partial charge in [-0.05, 0) is 38.8 Å². The van der Waals surface area contributed by atoms with Crippen molar-refractivity contribution >= 4 is 6.03 Å². The van der Waals surface area contributed by atoms with Crippen LogP contribution in [0.4, 0.5) is 4.79 Å². The topological polar surface area (TPSA) is 63.2 Å². The molecule has 2 unspecified atom stereocenters. The minimum atomic E-state index is -0.147. The van der Waals surface area contributed by atoms with Gasteiger partial charge < -0.3 is 15.4 Å². The number of aromatic nitrogens is 1. The average molecular weight is 305 g/mol. The van der Waals surface area contributed by atoms with Crippen LogP contribution in [0.25, 0.3) is 0 Å². The number of hydrogen-bond acceptors (Lipinski definition) is 3. The van der Waals surface area contributed by atoms with Gasteiger partial charge in [0, 0.05) is 17.7 Å². The Kier molecular flexibility index (Phi) is 5.06. The molecule has 22 heavy (non-hydrogen) atoms. The summed E-state index contributed by atoms with van der Waals surface area (Å²) in [4.78, 5) is 16.3. The smallest absolute Gasteiger partial charge is 0.315 e. The highest BCUT2D eigenvalue weighted by Crippen LogP contribution is 2.43. The third-order valence-electron chi connectivity index (χ3n) is 4.45. The minimum absolute atomic E-state index is 0.0392. The number of nitrogens with one attached hydrogen (secondary N) is 2. The molecule has 1 aliphatic carbocycles. The van der Waals surface area contributed by atoms with E-state index in [9.17, 15) is 4.79 Å². The molecular weight excluding hydrogens is 278 g/mol. The van der Waals surface area contributed by atoms with Crippen LogP contribution < -0.4 is 10.6 Å². The van der Waals surface area contributed by atoms with Gasteiger partial charge in [-0.15, -0.1) is 0 Å². The molecule has 0 saturated heterocycles. The van der Waals surface area contributed by atoms with E-state index in [-0.39, 0.29) is 29.7 Å². The molecule has 1 fully saturated rings. The molecule has 0 aliphatic heterocycles. The van der Waals surface area contributed by atoms with Gasteiger partial charge in [0.25, 0.3) is 0 Å². The molecular formula is C17H27N3O2. The Balaban J connectivity index is 1.80. The summed E-state index contributed by atoms with van der Waals surface area (Å²) in [6, 6.07) is 3.88. The molecule has 5 heteroatoms. The summed E-state index contributed by atoms with van der Waals surface area (Å²) in [5.41, 5.74) is 1.94. The molecule has 0 spiro atoms. The molecule has 1 heterocycles. The number of hydrogen-bond donors (Lipinski definition) is 2. The van der Waals surface area contributed by atoms with Crippen LogP contribution in [0.1, 0.15) is 45.4 Å². The molecule has 1 aromatic rings. The molecule has 2 amide bonds. The second kappa shape index (κ2) is 6.65. The summed E-state index contributed by atoms with van der Waals surface area (Å²) in [5.74, 6) is 0. The number of nitrogens with zero attached hydrogens (tertiary/aromatic N) is 1. The quantitative estimate of drug-likeness (QED) is 0.879. The van der Waals surface area contributed by atoms with Crippen molar-refractivity contribution in [2.24, 2.45) is 5.41 Å². The zero-order valence-electron chi connectivity index (χ0n) is 14.1. The van der Waals surface area contributed by atoms with Crippen molar-refractivity contribution in [2.75, 3.05) is 0 Å². The maximum atomic E-state index is 12.1. The number of aryl methyl sites for hydroxylation is 1. The Morgan fingerprint density at radius 1 is 1.50 bits per heavy atom. The van der Waals surface area contributed by atoms with E-state index < -0.39 is 0 Å². The second-order valence-corrected chi connectivity index (χ2v) is 6.88. The van der Waals surface area contributed by atoms with Crippen LogP contribution in [0.3, 0.4) is 0 Å². The van der Waals surface area contributed by atoms with Crippen molar-refractivity contribution in [3.05, 3.63) is 29.6 Å². The standard InChI is InChI=1S/C17H27N3O2/c1-11(2)22-15-9-14(17(15,4)5)20-16(21)19-10-13-12(3)7-6-8-18-13/h6-8,11,14-15H,9-10H2,1-5H3,(H2,19,20,21). The predicted octanol–water partition coefficient (Wildman–Crippen LogP) is 2.78. The highest BCUT2D eigenvalue weighted by Gasteiger charge is 2.50. The largest absolute Gasteiger partial charge is 0.375 e. The van der Waals surface area contributed by atoms with Crippen LogP contribution in [0.15, 0.2) is 18.3 Å². The van der Waals surface area contributed by atoms with Gasteiger partial charge in [0.05, 0.1) is 24.4 Å². The van der Waals surface area contributed by atoms with Crippen molar-refractivity contribution in [2.45, 2.75) is 65.8 Å². The molecule has 1 saturated carbocycles. The molecule has 2 N–H and O–H groups in total. The third-order valence-corrected chi connectivity index (χ3v) is 4.45. The van der Waals surface area contributed by atoms with Crippen molar-refractivity contribution in [1.82, 2.24) is 15.6 Å². The summed E-state index contributed by atoms with van der Waals surface area (Å²) >= 11 is 0. The lowest BCUT2D eigenvalue weighted by Crippen LogP contribution is -2.63. The van der Waals surface area contributed by atoms with Gasteiger partial charge in [0.1, 0.15) is 0 Å². The summed E-state index contributed by atoms with van der Waals surface area (Å²) in [7, 11) is 0. The fraction of sp³-hybridized carbons (Fsp3) is 0.647. The summed E-state index contributed by atoms with van der Waals surface area (Å²) < 4.78 is 5.88. The van der Waals surface area contributed by atoms with Gasteiger partial charge in [-0.2, -0.15) is 0 Å². The molecule has 122 valence electrons. The van der Waals surface area contributed by atoms with Crippen LogP contribution >= 0.6 is 0 Å². The predicted molar refractivity (Wildman–Crippen MR) is 86.5 cm³/mol. The fourth-order valence-corrected chi connectivity index (χ4v) is 2.77. The zero-order valence-corrected chi connectivity index (χ0v) is 14.1. The average Bonchev–Trinajstić information content (AvgIpc) is 2.45. The summed E-state index contributed by atoms with van der Waals surface area (Å²) in [6.07, 6.45) is 3.02. The van der Waals surface area contributed by atoms with Gasteiger partial charge in [-0.1, -0.05) is 19.9 Å². The number of carbonyl (C=O) groups is 1. The normalized spacial score (nSPS) is 23.0. The maximum absolute atomic E-state index is 12.1. The Labute approximate surface area is 132 Å². The number of rotatable bonds is 5. The Morgan fingerprint density at radius 2 is 2.23 bits per heavy atom. The summed E-state index contributed by atoms with van der Waals surface area (Å²) in [6.45, 7) is 10.8. The summed E-state index contributed by atoms with van der Waals surface area (Å²) in [5, 5.41) is 5.92. The van der Waals surface area contributed by atoms with Gasteiger partial charge in [0.15, 0.2) is 0 Å². The van der Waals surface area contributed by atoms with Gasteiger partial charge in [-0.25, -0.2) is 4.79 Å². The lowest BCUT2D eigenvalue weighted by molar-refractivity contribution is -0.135. The third kappa shape index (κ3) is 3.77. The van der Waals surface area contributed by atoms with Crippen LogP contribution in [0.5, 0.6) is 0 Å². The van der Waals surface area contributed by atoms with Crippen molar-refractivity contribution in [3.8, 4) is 0 Å². The van der Waals surface area contributed by atoms with Crippen LogP contribution in [-0.4, -0.2) is 29.3 Å². The van der Waals surface area contributed by atoms with Crippen molar-refractivity contribution in [1.29, 1.82) is 0 Å². The number of ether oxygens (including phenoxy) is 1. The molecule has 2 rings (SSSR count).